The third kappa shape index (κ3) is 2.95. The number of nitrogens with zero attached hydrogens (tertiary/aromatic N) is 4. The fraction of sp³-hybridized carbons (Fsp3) is 0.833. The van der Waals surface area contributed by atoms with Crippen molar-refractivity contribution in [2.75, 3.05) is 31.6 Å². The molecule has 2 unspecified atom stereocenters. The van der Waals surface area contributed by atoms with Crippen molar-refractivity contribution < 1.29 is 4.42 Å². The number of likely N-dealkylation sites (N-methyl/N-ethyl adjacent to an activating group) is 1. The zero-order valence-electron chi connectivity index (χ0n) is 11.3. The molecule has 1 aromatic rings. The number of anilines is 1. The Kier molecular flexibility index (Phi) is 4.45. The van der Waals surface area contributed by atoms with E-state index in [1.165, 1.54) is 0 Å². The molecule has 2 atom stereocenters. The highest BCUT2D eigenvalue weighted by Crippen LogP contribution is 2.24. The Balaban J connectivity index is 2.17. The van der Waals surface area contributed by atoms with Crippen LogP contribution in [0.25, 0.3) is 0 Å². The van der Waals surface area contributed by atoms with Gasteiger partial charge in [0.05, 0.1) is 0 Å². The SMILES string of the molecule is CCC1CN(C)CCCN1c1nnc(C(C)Cl)o1. The summed E-state index contributed by atoms with van der Waals surface area (Å²) in [5.41, 5.74) is 0. The largest absolute Gasteiger partial charge is 0.406 e. The van der Waals surface area contributed by atoms with Crippen molar-refractivity contribution in [1.82, 2.24) is 15.1 Å². The van der Waals surface area contributed by atoms with Crippen LogP contribution in [-0.2, 0) is 0 Å². The van der Waals surface area contributed by atoms with Crippen molar-refractivity contribution in [2.45, 2.75) is 38.1 Å². The number of aromatic nitrogens is 2. The zero-order chi connectivity index (χ0) is 13.1. The summed E-state index contributed by atoms with van der Waals surface area (Å²) in [7, 11) is 2.16. The van der Waals surface area contributed by atoms with Gasteiger partial charge >= 0.3 is 6.01 Å². The minimum atomic E-state index is -0.235. The van der Waals surface area contributed by atoms with Crippen LogP contribution in [-0.4, -0.2) is 47.8 Å². The third-order valence-electron chi connectivity index (χ3n) is 3.39. The smallest absolute Gasteiger partial charge is 0.318 e. The fourth-order valence-electron chi connectivity index (χ4n) is 2.35. The van der Waals surface area contributed by atoms with Crippen LogP contribution in [0.5, 0.6) is 0 Å². The molecule has 0 N–H and O–H groups in total. The molecule has 0 aliphatic carbocycles. The van der Waals surface area contributed by atoms with E-state index in [0.717, 1.165) is 32.5 Å². The summed E-state index contributed by atoms with van der Waals surface area (Å²) < 4.78 is 5.66. The molecule has 0 radical (unpaired) electrons. The van der Waals surface area contributed by atoms with Gasteiger partial charge in [-0.05, 0) is 33.4 Å². The van der Waals surface area contributed by atoms with Gasteiger partial charge in [-0.2, -0.15) is 0 Å². The van der Waals surface area contributed by atoms with Crippen molar-refractivity contribution in [3.63, 3.8) is 0 Å². The van der Waals surface area contributed by atoms with Gasteiger partial charge in [-0.3, -0.25) is 0 Å². The average Bonchev–Trinajstić information content (AvgIpc) is 2.74. The van der Waals surface area contributed by atoms with Gasteiger partial charge in [0.25, 0.3) is 0 Å². The van der Waals surface area contributed by atoms with Gasteiger partial charge in [-0.25, -0.2) is 0 Å². The Bertz CT molecular complexity index is 382. The number of hydrogen-bond donors (Lipinski definition) is 0. The summed E-state index contributed by atoms with van der Waals surface area (Å²) in [6.07, 6.45) is 2.18. The molecule has 0 spiro atoms. The Labute approximate surface area is 113 Å². The van der Waals surface area contributed by atoms with E-state index >= 15 is 0 Å². The first kappa shape index (κ1) is 13.6. The standard InChI is InChI=1S/C12H21ClN4O/c1-4-10-8-16(3)6-5-7-17(10)12-15-14-11(18-12)9(2)13/h9-10H,4-8H2,1-3H3. The Morgan fingerprint density at radius 3 is 2.83 bits per heavy atom. The van der Waals surface area contributed by atoms with E-state index in [1.807, 2.05) is 6.92 Å². The third-order valence-corrected chi connectivity index (χ3v) is 3.58. The lowest BCUT2D eigenvalue weighted by molar-refractivity contribution is 0.324. The highest BCUT2D eigenvalue weighted by molar-refractivity contribution is 6.20. The lowest BCUT2D eigenvalue weighted by Crippen LogP contribution is -2.40. The molecule has 2 heterocycles. The minimum Gasteiger partial charge on any atom is -0.406 e. The van der Waals surface area contributed by atoms with Gasteiger partial charge in [-0.15, -0.1) is 16.7 Å². The summed E-state index contributed by atoms with van der Waals surface area (Å²) in [6, 6.07) is 1.04. The van der Waals surface area contributed by atoms with E-state index in [1.54, 1.807) is 0 Å². The van der Waals surface area contributed by atoms with Crippen LogP contribution in [0, 0.1) is 0 Å². The second kappa shape index (κ2) is 5.89. The van der Waals surface area contributed by atoms with E-state index in [0.29, 0.717) is 17.9 Å². The van der Waals surface area contributed by atoms with E-state index in [-0.39, 0.29) is 5.38 Å². The lowest BCUT2D eigenvalue weighted by Gasteiger charge is -2.28. The van der Waals surface area contributed by atoms with Crippen molar-refractivity contribution in [3.8, 4) is 0 Å². The Morgan fingerprint density at radius 2 is 2.22 bits per heavy atom. The van der Waals surface area contributed by atoms with Crippen molar-refractivity contribution >= 4 is 17.6 Å². The first-order chi connectivity index (χ1) is 8.61. The van der Waals surface area contributed by atoms with E-state index in [9.17, 15) is 0 Å². The topological polar surface area (TPSA) is 45.4 Å². The molecule has 0 bridgehead atoms. The van der Waals surface area contributed by atoms with Crippen LogP contribution in [0.3, 0.4) is 0 Å². The number of alkyl halides is 1. The first-order valence-corrected chi connectivity index (χ1v) is 6.98. The van der Waals surface area contributed by atoms with Crippen LogP contribution in [0.15, 0.2) is 4.42 Å². The molecule has 1 aromatic heterocycles. The molecule has 1 aliphatic heterocycles. The maximum absolute atomic E-state index is 5.96. The van der Waals surface area contributed by atoms with Crippen molar-refractivity contribution in [1.29, 1.82) is 0 Å². The molecule has 2 rings (SSSR count). The molecule has 102 valence electrons. The highest BCUT2D eigenvalue weighted by atomic mass is 35.5. The normalized spacial score (nSPS) is 24.0. The van der Waals surface area contributed by atoms with Gasteiger partial charge in [0.15, 0.2) is 0 Å². The lowest BCUT2D eigenvalue weighted by atomic mass is 10.2. The fourth-order valence-corrected chi connectivity index (χ4v) is 2.44. The molecule has 0 saturated carbocycles. The van der Waals surface area contributed by atoms with Crippen LogP contribution >= 0.6 is 11.6 Å². The van der Waals surface area contributed by atoms with Gasteiger partial charge in [-0.1, -0.05) is 12.0 Å². The zero-order valence-corrected chi connectivity index (χ0v) is 12.0. The highest BCUT2D eigenvalue weighted by Gasteiger charge is 2.26. The Hall–Kier alpha value is -0.810. The minimum absolute atomic E-state index is 0.235. The van der Waals surface area contributed by atoms with Crippen LogP contribution in [0.4, 0.5) is 6.01 Å². The molecular formula is C12H21ClN4O. The molecule has 6 heteroatoms. The maximum atomic E-state index is 5.96. The van der Waals surface area contributed by atoms with Crippen LogP contribution in [0.2, 0.25) is 0 Å². The summed E-state index contributed by atoms with van der Waals surface area (Å²) in [4.78, 5) is 4.58. The van der Waals surface area contributed by atoms with Crippen molar-refractivity contribution in [3.05, 3.63) is 5.89 Å². The monoisotopic (exact) mass is 272 g/mol. The van der Waals surface area contributed by atoms with Crippen molar-refractivity contribution in [2.24, 2.45) is 0 Å². The molecule has 1 fully saturated rings. The second-order valence-electron chi connectivity index (χ2n) is 4.91. The summed E-state index contributed by atoms with van der Waals surface area (Å²) >= 11 is 5.96. The van der Waals surface area contributed by atoms with Gasteiger partial charge < -0.3 is 14.2 Å². The summed E-state index contributed by atoms with van der Waals surface area (Å²) in [5.74, 6) is 0.499. The summed E-state index contributed by atoms with van der Waals surface area (Å²) in [5, 5.41) is 7.90. The molecule has 1 saturated heterocycles. The summed E-state index contributed by atoms with van der Waals surface area (Å²) in [6.45, 7) is 7.14. The van der Waals surface area contributed by atoms with Crippen LogP contribution in [0.1, 0.15) is 38.0 Å². The molecule has 5 nitrogen and oxygen atoms in total. The number of rotatable bonds is 3. The van der Waals surface area contributed by atoms with Crippen LogP contribution < -0.4 is 4.90 Å². The predicted octanol–water partition coefficient (Wildman–Crippen LogP) is 2.29. The quantitative estimate of drug-likeness (QED) is 0.790. The predicted molar refractivity (Wildman–Crippen MR) is 72.1 cm³/mol. The van der Waals surface area contributed by atoms with Gasteiger partial charge in [0.2, 0.25) is 5.89 Å². The van der Waals surface area contributed by atoms with E-state index in [2.05, 4.69) is 34.0 Å². The molecule has 0 aromatic carbocycles. The Morgan fingerprint density at radius 1 is 1.44 bits per heavy atom. The number of halogens is 1. The van der Waals surface area contributed by atoms with E-state index < -0.39 is 0 Å². The molecule has 1 aliphatic rings. The molecular weight excluding hydrogens is 252 g/mol. The average molecular weight is 273 g/mol. The van der Waals surface area contributed by atoms with E-state index in [4.69, 9.17) is 16.0 Å². The first-order valence-electron chi connectivity index (χ1n) is 6.54. The number of hydrogen-bond acceptors (Lipinski definition) is 5. The van der Waals surface area contributed by atoms with Gasteiger partial charge in [0.1, 0.15) is 5.38 Å². The maximum Gasteiger partial charge on any atom is 0.318 e. The van der Waals surface area contributed by atoms with Gasteiger partial charge in [0, 0.05) is 19.1 Å². The second-order valence-corrected chi connectivity index (χ2v) is 5.56. The molecule has 0 amide bonds. The molecule has 18 heavy (non-hydrogen) atoms.